The van der Waals surface area contributed by atoms with Crippen LogP contribution in [0.3, 0.4) is 0 Å². The molecule has 1 N–H and O–H groups in total. The molecule has 1 aliphatic rings. The van der Waals surface area contributed by atoms with Crippen LogP contribution in [0.25, 0.3) is 0 Å². The number of hydrogen-bond acceptors (Lipinski definition) is 6. The first-order valence-corrected chi connectivity index (χ1v) is 12.7. The Bertz CT molecular complexity index is 1140. The molecular weight excluding hydrogens is 450 g/mol. The predicted octanol–water partition coefficient (Wildman–Crippen LogP) is 6.74. The maximum atomic E-state index is 12.9. The van der Waals surface area contributed by atoms with Gasteiger partial charge in [0.05, 0.1) is 12.2 Å². The fraction of sp³-hybridized carbons (Fsp3) is 0.407. The summed E-state index contributed by atoms with van der Waals surface area (Å²) in [6.07, 6.45) is 4.63. The summed E-state index contributed by atoms with van der Waals surface area (Å²) in [5, 5.41) is 3.43. The van der Waals surface area contributed by atoms with Crippen LogP contribution in [0.2, 0.25) is 0 Å². The molecule has 3 aromatic rings. The highest BCUT2D eigenvalue weighted by Crippen LogP contribution is 2.39. The topological polar surface area (TPSA) is 77.8 Å². The van der Waals surface area contributed by atoms with Crippen LogP contribution < -0.4 is 10.1 Å². The number of aryl methyl sites for hydroxylation is 1. The van der Waals surface area contributed by atoms with E-state index in [0.717, 1.165) is 48.3 Å². The van der Waals surface area contributed by atoms with E-state index >= 15 is 0 Å². The van der Waals surface area contributed by atoms with Gasteiger partial charge in [0.1, 0.15) is 23.1 Å². The van der Waals surface area contributed by atoms with Crippen LogP contribution in [-0.2, 0) is 24.2 Å². The van der Waals surface area contributed by atoms with Gasteiger partial charge < -0.3 is 19.2 Å². The highest BCUT2D eigenvalue weighted by Gasteiger charge is 2.28. The molecule has 0 spiro atoms. The molecule has 7 heteroatoms. The first-order chi connectivity index (χ1) is 16.5. The molecule has 180 valence electrons. The summed E-state index contributed by atoms with van der Waals surface area (Å²) in [6, 6.07) is 11.3. The van der Waals surface area contributed by atoms with Crippen molar-refractivity contribution in [2.24, 2.45) is 0 Å². The Labute approximate surface area is 204 Å². The molecule has 0 radical (unpaired) electrons. The summed E-state index contributed by atoms with van der Waals surface area (Å²) in [7, 11) is 0. The van der Waals surface area contributed by atoms with Crippen molar-refractivity contribution in [2.75, 3.05) is 11.9 Å². The maximum Gasteiger partial charge on any atom is 0.341 e. The maximum absolute atomic E-state index is 12.9. The van der Waals surface area contributed by atoms with Gasteiger partial charge in [-0.3, -0.25) is 4.79 Å². The number of furan rings is 1. The highest BCUT2D eigenvalue weighted by atomic mass is 32.1. The number of fused-ring (bicyclic) bond motifs is 1. The lowest BCUT2D eigenvalue weighted by molar-refractivity contribution is 0.0505. The Morgan fingerprint density at radius 1 is 1.09 bits per heavy atom. The molecule has 1 amide bonds. The second kappa shape index (κ2) is 10.9. The standard InChI is InChI=1S/C27H31NO5S/c1-4-15-31-27(30)24-21-7-5-6-8-23(21)34-26(24)28-25(29)22-14-13-20(33-22)16-32-19-11-9-18(10-12-19)17(2)3/h9-14,17H,4-8,15-16H2,1-3H3,(H,28,29). The molecule has 6 nitrogen and oxygen atoms in total. The number of thiophene rings is 1. The minimum Gasteiger partial charge on any atom is -0.486 e. The molecule has 2 aromatic heterocycles. The number of rotatable bonds is 9. The summed E-state index contributed by atoms with van der Waals surface area (Å²) in [5.74, 6) is 1.16. The van der Waals surface area contributed by atoms with Gasteiger partial charge in [-0.15, -0.1) is 11.3 Å². The van der Waals surface area contributed by atoms with Crippen LogP contribution in [0.5, 0.6) is 5.75 Å². The normalized spacial score (nSPS) is 12.9. The molecule has 0 atom stereocenters. The van der Waals surface area contributed by atoms with Gasteiger partial charge in [0.2, 0.25) is 0 Å². The van der Waals surface area contributed by atoms with Crippen molar-refractivity contribution in [1.29, 1.82) is 0 Å². The van der Waals surface area contributed by atoms with Gasteiger partial charge in [-0.1, -0.05) is 32.9 Å². The smallest absolute Gasteiger partial charge is 0.341 e. The minimum absolute atomic E-state index is 0.174. The molecule has 4 rings (SSSR count). The number of benzene rings is 1. The Morgan fingerprint density at radius 3 is 2.59 bits per heavy atom. The molecule has 0 saturated carbocycles. The van der Waals surface area contributed by atoms with E-state index in [1.807, 2.05) is 31.2 Å². The number of ether oxygens (including phenoxy) is 2. The Morgan fingerprint density at radius 2 is 1.85 bits per heavy atom. The van der Waals surface area contributed by atoms with E-state index in [-0.39, 0.29) is 18.3 Å². The van der Waals surface area contributed by atoms with Gasteiger partial charge in [0, 0.05) is 4.88 Å². The van der Waals surface area contributed by atoms with Crippen LogP contribution in [0.15, 0.2) is 40.8 Å². The fourth-order valence-corrected chi connectivity index (χ4v) is 5.25. The van der Waals surface area contributed by atoms with E-state index in [4.69, 9.17) is 13.9 Å². The van der Waals surface area contributed by atoms with E-state index in [1.54, 1.807) is 12.1 Å². The van der Waals surface area contributed by atoms with Crippen LogP contribution in [-0.4, -0.2) is 18.5 Å². The van der Waals surface area contributed by atoms with Crippen molar-refractivity contribution >= 4 is 28.2 Å². The van der Waals surface area contributed by atoms with E-state index in [9.17, 15) is 9.59 Å². The van der Waals surface area contributed by atoms with Crippen molar-refractivity contribution in [3.8, 4) is 5.75 Å². The van der Waals surface area contributed by atoms with Crippen LogP contribution in [0.1, 0.15) is 88.6 Å². The molecule has 1 aromatic carbocycles. The molecule has 0 fully saturated rings. The van der Waals surface area contributed by atoms with Crippen molar-refractivity contribution in [1.82, 2.24) is 0 Å². The monoisotopic (exact) mass is 481 g/mol. The summed E-state index contributed by atoms with van der Waals surface area (Å²) in [5.41, 5.74) is 2.77. The molecule has 1 aliphatic carbocycles. The third kappa shape index (κ3) is 5.53. The zero-order valence-corrected chi connectivity index (χ0v) is 20.8. The molecule has 2 heterocycles. The Balaban J connectivity index is 1.43. The zero-order valence-electron chi connectivity index (χ0n) is 19.9. The largest absolute Gasteiger partial charge is 0.486 e. The average molecular weight is 482 g/mol. The highest BCUT2D eigenvalue weighted by molar-refractivity contribution is 7.17. The van der Waals surface area contributed by atoms with Crippen molar-refractivity contribution in [2.45, 2.75) is 65.4 Å². The first kappa shape index (κ1) is 24.1. The number of nitrogens with one attached hydrogen (secondary N) is 1. The number of esters is 1. The second-order valence-corrected chi connectivity index (χ2v) is 9.89. The van der Waals surface area contributed by atoms with Crippen molar-refractivity contribution < 1.29 is 23.5 Å². The zero-order chi connectivity index (χ0) is 24.1. The van der Waals surface area contributed by atoms with Crippen LogP contribution >= 0.6 is 11.3 Å². The lowest BCUT2D eigenvalue weighted by atomic mass is 9.95. The van der Waals surface area contributed by atoms with Crippen LogP contribution in [0.4, 0.5) is 5.00 Å². The van der Waals surface area contributed by atoms with Gasteiger partial charge in [-0.05, 0) is 73.4 Å². The Hall–Kier alpha value is -3.06. The summed E-state index contributed by atoms with van der Waals surface area (Å²) < 4.78 is 16.9. The number of carbonyl (C=O) groups is 2. The average Bonchev–Trinajstić information content (AvgIpc) is 3.46. The third-order valence-electron chi connectivity index (χ3n) is 5.85. The molecule has 0 saturated heterocycles. The number of amides is 1. The van der Waals surface area contributed by atoms with Gasteiger partial charge in [0.15, 0.2) is 5.76 Å². The number of carbonyl (C=O) groups excluding carboxylic acids is 2. The van der Waals surface area contributed by atoms with Gasteiger partial charge in [-0.2, -0.15) is 0 Å². The van der Waals surface area contributed by atoms with Crippen molar-refractivity contribution in [3.05, 3.63) is 69.5 Å². The van der Waals surface area contributed by atoms with Gasteiger partial charge >= 0.3 is 5.97 Å². The van der Waals surface area contributed by atoms with Gasteiger partial charge in [0.25, 0.3) is 5.91 Å². The van der Waals surface area contributed by atoms with Crippen molar-refractivity contribution in [3.63, 3.8) is 0 Å². The van der Waals surface area contributed by atoms with E-state index < -0.39 is 5.91 Å². The first-order valence-electron chi connectivity index (χ1n) is 11.9. The second-order valence-electron chi connectivity index (χ2n) is 8.78. The molecular formula is C27H31NO5S. The molecule has 0 aliphatic heterocycles. The SMILES string of the molecule is CCCOC(=O)c1c(NC(=O)c2ccc(COc3ccc(C(C)C)cc3)o2)sc2c1CCCC2. The molecule has 0 bridgehead atoms. The number of hydrogen-bond donors (Lipinski definition) is 1. The van der Waals surface area contributed by atoms with Gasteiger partial charge in [-0.25, -0.2) is 4.79 Å². The quantitative estimate of drug-likeness (QED) is 0.342. The lowest BCUT2D eigenvalue weighted by Gasteiger charge is -2.12. The molecule has 34 heavy (non-hydrogen) atoms. The summed E-state index contributed by atoms with van der Waals surface area (Å²) in [6.45, 7) is 6.83. The lowest BCUT2D eigenvalue weighted by Crippen LogP contribution is -2.15. The predicted molar refractivity (Wildman–Crippen MR) is 133 cm³/mol. The fourth-order valence-electron chi connectivity index (χ4n) is 3.98. The Kier molecular flexibility index (Phi) is 7.73. The summed E-state index contributed by atoms with van der Waals surface area (Å²) >= 11 is 1.46. The molecule has 0 unspecified atom stereocenters. The number of anilines is 1. The summed E-state index contributed by atoms with van der Waals surface area (Å²) in [4.78, 5) is 26.8. The van der Waals surface area contributed by atoms with E-state index in [2.05, 4.69) is 19.2 Å². The third-order valence-corrected chi connectivity index (χ3v) is 7.06. The van der Waals surface area contributed by atoms with E-state index in [1.165, 1.54) is 16.9 Å². The minimum atomic E-state index is -0.393. The van der Waals surface area contributed by atoms with Crippen LogP contribution in [0, 0.1) is 0 Å². The van der Waals surface area contributed by atoms with E-state index in [0.29, 0.717) is 28.8 Å².